The molecule has 5 nitrogen and oxygen atoms in total. The summed E-state index contributed by atoms with van der Waals surface area (Å²) in [5, 5.41) is 3.02. The molecule has 16 heavy (non-hydrogen) atoms. The Morgan fingerprint density at radius 2 is 2.31 bits per heavy atom. The summed E-state index contributed by atoms with van der Waals surface area (Å²) in [4.78, 5) is 15.4. The molecule has 5 heteroatoms. The molecule has 0 aliphatic carbocycles. The number of hydrogen-bond acceptors (Lipinski definition) is 3. The van der Waals surface area contributed by atoms with E-state index < -0.39 is 5.91 Å². The SMILES string of the molecule is CCn1c(NC)nc2cc(C(N)=O)ccc21. The van der Waals surface area contributed by atoms with Crippen LogP contribution in [0.2, 0.25) is 0 Å². The van der Waals surface area contributed by atoms with Crippen LogP contribution in [0.1, 0.15) is 17.3 Å². The predicted molar refractivity (Wildman–Crippen MR) is 63.5 cm³/mol. The van der Waals surface area contributed by atoms with E-state index in [2.05, 4.69) is 10.3 Å². The molecule has 1 aromatic heterocycles. The standard InChI is InChI=1S/C11H14N4O/c1-3-15-9-5-4-7(10(12)16)6-8(9)14-11(15)13-2/h4-6H,3H2,1-2H3,(H2,12,16)(H,13,14). The monoisotopic (exact) mass is 218 g/mol. The predicted octanol–water partition coefficient (Wildman–Crippen LogP) is 1.20. The Bertz CT molecular complexity index is 544. The highest BCUT2D eigenvalue weighted by atomic mass is 16.1. The lowest BCUT2D eigenvalue weighted by Gasteiger charge is -2.04. The van der Waals surface area contributed by atoms with Gasteiger partial charge in [0.25, 0.3) is 0 Å². The van der Waals surface area contributed by atoms with Crippen LogP contribution in [0.4, 0.5) is 5.95 Å². The normalized spacial score (nSPS) is 10.6. The van der Waals surface area contributed by atoms with E-state index in [0.717, 1.165) is 23.5 Å². The van der Waals surface area contributed by atoms with Gasteiger partial charge in [0.1, 0.15) is 0 Å². The van der Waals surface area contributed by atoms with Gasteiger partial charge < -0.3 is 15.6 Å². The van der Waals surface area contributed by atoms with E-state index in [1.165, 1.54) is 0 Å². The first kappa shape index (κ1) is 10.5. The molecule has 0 unspecified atom stereocenters. The Hall–Kier alpha value is -2.04. The van der Waals surface area contributed by atoms with E-state index in [1.807, 2.05) is 24.6 Å². The topological polar surface area (TPSA) is 72.9 Å². The Kier molecular flexibility index (Phi) is 2.52. The van der Waals surface area contributed by atoms with Crippen LogP contribution in [0, 0.1) is 0 Å². The Morgan fingerprint density at radius 1 is 1.56 bits per heavy atom. The zero-order valence-corrected chi connectivity index (χ0v) is 9.32. The van der Waals surface area contributed by atoms with Gasteiger partial charge in [-0.05, 0) is 25.1 Å². The first-order chi connectivity index (χ1) is 7.67. The molecule has 1 aromatic carbocycles. The average Bonchev–Trinajstić information content (AvgIpc) is 2.65. The molecule has 2 aromatic rings. The molecule has 2 rings (SSSR count). The van der Waals surface area contributed by atoms with Crippen molar-refractivity contribution in [2.75, 3.05) is 12.4 Å². The number of fused-ring (bicyclic) bond motifs is 1. The molecule has 0 radical (unpaired) electrons. The van der Waals surface area contributed by atoms with Crippen LogP contribution in [0.3, 0.4) is 0 Å². The third-order valence-corrected chi connectivity index (χ3v) is 2.57. The lowest BCUT2D eigenvalue weighted by atomic mass is 10.2. The highest BCUT2D eigenvalue weighted by Crippen LogP contribution is 2.20. The highest BCUT2D eigenvalue weighted by Gasteiger charge is 2.09. The molecule has 84 valence electrons. The van der Waals surface area contributed by atoms with Crippen LogP contribution in [0.15, 0.2) is 18.2 Å². The number of nitrogens with two attached hydrogens (primary N) is 1. The van der Waals surface area contributed by atoms with Gasteiger partial charge in [0, 0.05) is 19.2 Å². The van der Waals surface area contributed by atoms with Gasteiger partial charge in [-0.3, -0.25) is 4.79 Å². The molecule has 0 atom stereocenters. The maximum absolute atomic E-state index is 11.0. The number of anilines is 1. The average molecular weight is 218 g/mol. The molecule has 0 aliphatic rings. The number of rotatable bonds is 3. The fraction of sp³-hybridized carbons (Fsp3) is 0.273. The Labute approximate surface area is 93.3 Å². The fourth-order valence-corrected chi connectivity index (χ4v) is 1.79. The van der Waals surface area contributed by atoms with Crippen molar-refractivity contribution in [3.63, 3.8) is 0 Å². The minimum atomic E-state index is -0.432. The van der Waals surface area contributed by atoms with E-state index >= 15 is 0 Å². The number of carbonyl (C=O) groups is 1. The number of imidazole rings is 1. The maximum Gasteiger partial charge on any atom is 0.248 e. The van der Waals surface area contributed by atoms with E-state index in [-0.39, 0.29) is 0 Å². The third kappa shape index (κ3) is 1.50. The molecule has 0 fully saturated rings. The highest BCUT2D eigenvalue weighted by molar-refractivity contribution is 5.96. The van der Waals surface area contributed by atoms with Gasteiger partial charge in [-0.25, -0.2) is 4.98 Å². The van der Waals surface area contributed by atoms with Crippen molar-refractivity contribution in [1.82, 2.24) is 9.55 Å². The number of aryl methyl sites for hydroxylation is 1. The zero-order valence-electron chi connectivity index (χ0n) is 9.32. The molecule has 0 aliphatic heterocycles. The van der Waals surface area contributed by atoms with Crippen LogP contribution >= 0.6 is 0 Å². The van der Waals surface area contributed by atoms with E-state index in [9.17, 15) is 4.79 Å². The van der Waals surface area contributed by atoms with E-state index in [0.29, 0.717) is 5.56 Å². The molecule has 0 saturated heterocycles. The van der Waals surface area contributed by atoms with E-state index in [4.69, 9.17) is 5.73 Å². The summed E-state index contributed by atoms with van der Waals surface area (Å²) < 4.78 is 2.04. The van der Waals surface area contributed by atoms with Crippen molar-refractivity contribution in [2.45, 2.75) is 13.5 Å². The van der Waals surface area contributed by atoms with Gasteiger partial charge in [0.15, 0.2) is 0 Å². The minimum absolute atomic E-state index is 0.432. The molecule has 3 N–H and O–H groups in total. The van der Waals surface area contributed by atoms with Crippen molar-refractivity contribution in [3.8, 4) is 0 Å². The van der Waals surface area contributed by atoms with Crippen LogP contribution in [-0.4, -0.2) is 22.5 Å². The minimum Gasteiger partial charge on any atom is -0.366 e. The van der Waals surface area contributed by atoms with Crippen molar-refractivity contribution in [1.29, 1.82) is 0 Å². The number of nitrogens with zero attached hydrogens (tertiary/aromatic N) is 2. The first-order valence-corrected chi connectivity index (χ1v) is 5.15. The number of amides is 1. The number of aromatic nitrogens is 2. The molecular formula is C11H14N4O. The third-order valence-electron chi connectivity index (χ3n) is 2.57. The van der Waals surface area contributed by atoms with Crippen LogP contribution in [0.25, 0.3) is 11.0 Å². The molecule has 1 heterocycles. The molecule has 0 saturated carbocycles. The number of carbonyl (C=O) groups excluding carboxylic acids is 1. The van der Waals surface area contributed by atoms with Crippen molar-refractivity contribution in [2.24, 2.45) is 5.73 Å². The fourth-order valence-electron chi connectivity index (χ4n) is 1.79. The molecular weight excluding hydrogens is 204 g/mol. The second kappa shape index (κ2) is 3.84. The maximum atomic E-state index is 11.0. The number of primary amides is 1. The van der Waals surface area contributed by atoms with Gasteiger partial charge in [-0.2, -0.15) is 0 Å². The largest absolute Gasteiger partial charge is 0.366 e. The van der Waals surface area contributed by atoms with Gasteiger partial charge >= 0.3 is 0 Å². The number of hydrogen-bond donors (Lipinski definition) is 2. The van der Waals surface area contributed by atoms with Crippen molar-refractivity contribution >= 4 is 22.9 Å². The quantitative estimate of drug-likeness (QED) is 0.813. The summed E-state index contributed by atoms with van der Waals surface area (Å²) in [5.74, 6) is 0.359. The lowest BCUT2D eigenvalue weighted by Crippen LogP contribution is -2.10. The summed E-state index contributed by atoms with van der Waals surface area (Å²) in [6, 6.07) is 5.30. The zero-order chi connectivity index (χ0) is 11.7. The number of nitrogens with one attached hydrogen (secondary N) is 1. The summed E-state index contributed by atoms with van der Waals surface area (Å²) in [7, 11) is 1.82. The Balaban J connectivity index is 2.67. The molecule has 0 bridgehead atoms. The van der Waals surface area contributed by atoms with Crippen LogP contribution < -0.4 is 11.1 Å². The second-order valence-electron chi connectivity index (χ2n) is 3.50. The van der Waals surface area contributed by atoms with Gasteiger partial charge in [0.2, 0.25) is 11.9 Å². The summed E-state index contributed by atoms with van der Waals surface area (Å²) >= 11 is 0. The van der Waals surface area contributed by atoms with Crippen molar-refractivity contribution < 1.29 is 4.79 Å². The summed E-state index contributed by atoms with van der Waals surface area (Å²) in [6.07, 6.45) is 0. The Morgan fingerprint density at radius 3 is 2.88 bits per heavy atom. The second-order valence-corrected chi connectivity index (χ2v) is 3.50. The van der Waals surface area contributed by atoms with Crippen LogP contribution in [-0.2, 0) is 6.54 Å². The van der Waals surface area contributed by atoms with Gasteiger partial charge in [0.05, 0.1) is 11.0 Å². The van der Waals surface area contributed by atoms with Gasteiger partial charge in [-0.1, -0.05) is 0 Å². The van der Waals surface area contributed by atoms with Crippen molar-refractivity contribution in [3.05, 3.63) is 23.8 Å². The van der Waals surface area contributed by atoms with E-state index in [1.54, 1.807) is 12.1 Å². The van der Waals surface area contributed by atoms with Crippen LogP contribution in [0.5, 0.6) is 0 Å². The smallest absolute Gasteiger partial charge is 0.248 e. The summed E-state index contributed by atoms with van der Waals surface area (Å²) in [5.41, 5.74) is 7.48. The van der Waals surface area contributed by atoms with Gasteiger partial charge in [-0.15, -0.1) is 0 Å². The lowest BCUT2D eigenvalue weighted by molar-refractivity contribution is 0.100. The number of benzene rings is 1. The summed E-state index contributed by atoms with van der Waals surface area (Å²) in [6.45, 7) is 2.87. The molecule has 1 amide bonds. The first-order valence-electron chi connectivity index (χ1n) is 5.15. The molecule has 0 spiro atoms.